The fourth-order valence-electron chi connectivity index (χ4n) is 2.99. The summed E-state index contributed by atoms with van der Waals surface area (Å²) in [4.78, 5) is 13.3. The molecule has 136 valence electrons. The largest absolute Gasteiger partial charge is 0.316 e. The molecule has 1 N–H and O–H groups in total. The Bertz CT molecular complexity index is 1120. The van der Waals surface area contributed by atoms with Crippen LogP contribution in [0.15, 0.2) is 77.5 Å². The van der Waals surface area contributed by atoms with Crippen molar-refractivity contribution in [2.75, 3.05) is 5.32 Å². The maximum Gasteiger partial charge on any atom is 0.230 e. The quantitative estimate of drug-likeness (QED) is 0.434. The molecule has 2 aromatic heterocycles. The van der Waals surface area contributed by atoms with Crippen LogP contribution in [0.5, 0.6) is 0 Å². The van der Waals surface area contributed by atoms with E-state index in [9.17, 15) is 10.1 Å². The summed E-state index contributed by atoms with van der Waals surface area (Å²) in [6, 6.07) is 24.4. The zero-order chi connectivity index (χ0) is 19.3. The fraction of sp³-hybridized carbons (Fsp3) is 0.0435. The highest BCUT2D eigenvalue weighted by molar-refractivity contribution is 7.15. The molecule has 0 aliphatic heterocycles. The number of thiophene rings is 2. The molecular weight excluding hydrogens is 384 g/mol. The molecule has 4 aromatic rings. The van der Waals surface area contributed by atoms with E-state index in [1.165, 1.54) is 11.3 Å². The number of hydrogen-bond acceptors (Lipinski definition) is 4. The lowest BCUT2D eigenvalue weighted by Gasteiger charge is -2.05. The summed E-state index contributed by atoms with van der Waals surface area (Å²) in [5, 5.41) is 17.0. The Labute approximate surface area is 171 Å². The second-order valence-electron chi connectivity index (χ2n) is 6.21. The van der Waals surface area contributed by atoms with Gasteiger partial charge in [-0.3, -0.25) is 4.79 Å². The first-order chi connectivity index (χ1) is 13.7. The van der Waals surface area contributed by atoms with Crippen molar-refractivity contribution in [3.05, 3.63) is 87.9 Å². The van der Waals surface area contributed by atoms with Gasteiger partial charge in [-0.15, -0.1) is 22.7 Å². The Balaban J connectivity index is 1.56. The van der Waals surface area contributed by atoms with Gasteiger partial charge in [0, 0.05) is 15.8 Å². The molecule has 2 aromatic carbocycles. The molecule has 4 rings (SSSR count). The maximum absolute atomic E-state index is 12.3. The monoisotopic (exact) mass is 400 g/mol. The molecule has 0 fully saturated rings. The topological polar surface area (TPSA) is 52.9 Å². The number of carbonyl (C=O) groups excluding carboxylic acids is 1. The third kappa shape index (κ3) is 3.89. The molecule has 28 heavy (non-hydrogen) atoms. The normalized spacial score (nSPS) is 10.4. The van der Waals surface area contributed by atoms with E-state index in [1.54, 1.807) is 11.3 Å². The summed E-state index contributed by atoms with van der Waals surface area (Å²) in [6.45, 7) is 0. The van der Waals surface area contributed by atoms with Crippen LogP contribution in [0, 0.1) is 11.3 Å². The number of nitrogens with zero attached hydrogens (tertiary/aromatic N) is 1. The van der Waals surface area contributed by atoms with Crippen molar-refractivity contribution in [3.63, 3.8) is 0 Å². The van der Waals surface area contributed by atoms with E-state index < -0.39 is 0 Å². The van der Waals surface area contributed by atoms with Gasteiger partial charge in [-0.2, -0.15) is 5.26 Å². The Morgan fingerprint density at radius 3 is 2.29 bits per heavy atom. The van der Waals surface area contributed by atoms with Crippen molar-refractivity contribution in [2.24, 2.45) is 0 Å². The van der Waals surface area contributed by atoms with Crippen molar-refractivity contribution in [2.45, 2.75) is 6.42 Å². The van der Waals surface area contributed by atoms with Gasteiger partial charge in [-0.25, -0.2) is 0 Å². The third-order valence-corrected chi connectivity index (χ3v) is 6.15. The summed E-state index contributed by atoms with van der Waals surface area (Å²) in [6.07, 6.45) is 0.321. The molecule has 1 amide bonds. The summed E-state index contributed by atoms with van der Waals surface area (Å²) in [5.41, 5.74) is 4.60. The van der Waals surface area contributed by atoms with E-state index in [-0.39, 0.29) is 5.91 Å². The molecule has 0 unspecified atom stereocenters. The standard InChI is InChI=1S/C23H16N2OS2/c24-14-20-21(15-28-23(20)25-22(26)13-19-7-4-12-27-19)18-10-8-17(9-11-18)16-5-2-1-3-6-16/h1-12,15H,13H2,(H,25,26). The number of benzene rings is 2. The van der Waals surface area contributed by atoms with Crippen molar-refractivity contribution >= 4 is 33.6 Å². The first kappa shape index (κ1) is 18.2. The predicted octanol–water partition coefficient (Wildman–Crippen LogP) is 6.20. The number of nitrogens with one attached hydrogen (secondary N) is 1. The smallest absolute Gasteiger partial charge is 0.230 e. The van der Waals surface area contributed by atoms with Gasteiger partial charge in [0.1, 0.15) is 11.1 Å². The van der Waals surface area contributed by atoms with Gasteiger partial charge in [-0.1, -0.05) is 60.7 Å². The van der Waals surface area contributed by atoms with Gasteiger partial charge in [0.2, 0.25) is 5.91 Å². The molecule has 0 saturated carbocycles. The van der Waals surface area contributed by atoms with Crippen LogP contribution in [-0.4, -0.2) is 5.91 Å². The van der Waals surface area contributed by atoms with Gasteiger partial charge < -0.3 is 5.32 Å². The van der Waals surface area contributed by atoms with E-state index in [0.717, 1.165) is 27.1 Å². The Morgan fingerprint density at radius 1 is 0.893 bits per heavy atom. The number of hydrogen-bond donors (Lipinski definition) is 1. The molecule has 0 aliphatic carbocycles. The van der Waals surface area contributed by atoms with E-state index in [1.807, 2.05) is 53.2 Å². The predicted molar refractivity (Wildman–Crippen MR) is 117 cm³/mol. The average molecular weight is 401 g/mol. The zero-order valence-corrected chi connectivity index (χ0v) is 16.5. The number of amides is 1. The lowest BCUT2D eigenvalue weighted by molar-refractivity contribution is -0.115. The lowest BCUT2D eigenvalue weighted by atomic mass is 10.00. The van der Waals surface area contributed by atoms with Crippen molar-refractivity contribution in [3.8, 4) is 28.3 Å². The number of rotatable bonds is 5. The second kappa shape index (κ2) is 8.22. The molecule has 0 atom stereocenters. The van der Waals surface area contributed by atoms with Crippen LogP contribution in [0.3, 0.4) is 0 Å². The van der Waals surface area contributed by atoms with Crippen LogP contribution in [0.4, 0.5) is 5.00 Å². The zero-order valence-electron chi connectivity index (χ0n) is 14.9. The van der Waals surface area contributed by atoms with E-state index >= 15 is 0 Å². The van der Waals surface area contributed by atoms with Crippen LogP contribution >= 0.6 is 22.7 Å². The number of carbonyl (C=O) groups is 1. The summed E-state index contributed by atoms with van der Waals surface area (Å²) in [7, 11) is 0. The lowest BCUT2D eigenvalue weighted by Crippen LogP contribution is -2.13. The first-order valence-corrected chi connectivity index (χ1v) is 10.5. The van der Waals surface area contributed by atoms with E-state index in [2.05, 4.69) is 35.7 Å². The van der Waals surface area contributed by atoms with Crippen molar-refractivity contribution in [1.82, 2.24) is 0 Å². The summed E-state index contributed by atoms with van der Waals surface area (Å²) < 4.78 is 0. The molecule has 5 heteroatoms. The fourth-order valence-corrected chi connectivity index (χ4v) is 4.63. The summed E-state index contributed by atoms with van der Waals surface area (Å²) in [5.74, 6) is -0.105. The van der Waals surface area contributed by atoms with Gasteiger partial charge in [0.05, 0.1) is 12.0 Å². The molecule has 0 spiro atoms. The third-order valence-electron chi connectivity index (χ3n) is 4.37. The highest BCUT2D eigenvalue weighted by Crippen LogP contribution is 2.36. The molecule has 0 saturated heterocycles. The molecular formula is C23H16N2OS2. The average Bonchev–Trinajstić information content (AvgIpc) is 3.38. The van der Waals surface area contributed by atoms with E-state index in [0.29, 0.717) is 17.0 Å². The maximum atomic E-state index is 12.3. The van der Waals surface area contributed by atoms with Gasteiger partial charge >= 0.3 is 0 Å². The molecule has 0 aliphatic rings. The van der Waals surface area contributed by atoms with Gasteiger partial charge in [-0.05, 0) is 28.1 Å². The SMILES string of the molecule is N#Cc1c(-c2ccc(-c3ccccc3)cc2)csc1NC(=O)Cc1cccs1. The Hall–Kier alpha value is -3.20. The Kier molecular flexibility index (Phi) is 5.34. The molecule has 0 radical (unpaired) electrons. The highest BCUT2D eigenvalue weighted by atomic mass is 32.1. The van der Waals surface area contributed by atoms with Crippen LogP contribution in [0.1, 0.15) is 10.4 Å². The highest BCUT2D eigenvalue weighted by Gasteiger charge is 2.16. The van der Waals surface area contributed by atoms with Crippen LogP contribution in [-0.2, 0) is 11.2 Å². The van der Waals surface area contributed by atoms with Crippen LogP contribution in [0.2, 0.25) is 0 Å². The number of nitriles is 1. The molecule has 0 bridgehead atoms. The minimum absolute atomic E-state index is 0.105. The van der Waals surface area contributed by atoms with Crippen molar-refractivity contribution in [1.29, 1.82) is 5.26 Å². The number of anilines is 1. The Morgan fingerprint density at radius 2 is 1.61 bits per heavy atom. The molecule has 3 nitrogen and oxygen atoms in total. The van der Waals surface area contributed by atoms with Gasteiger partial charge in [0.15, 0.2) is 0 Å². The van der Waals surface area contributed by atoms with Crippen LogP contribution in [0.25, 0.3) is 22.3 Å². The first-order valence-electron chi connectivity index (χ1n) is 8.74. The minimum atomic E-state index is -0.105. The summed E-state index contributed by atoms with van der Waals surface area (Å²) >= 11 is 2.94. The van der Waals surface area contributed by atoms with Crippen molar-refractivity contribution < 1.29 is 4.79 Å². The minimum Gasteiger partial charge on any atom is -0.316 e. The second-order valence-corrected chi connectivity index (χ2v) is 8.12. The van der Waals surface area contributed by atoms with Crippen LogP contribution < -0.4 is 5.32 Å². The van der Waals surface area contributed by atoms with E-state index in [4.69, 9.17) is 0 Å². The molecule has 2 heterocycles. The van der Waals surface area contributed by atoms with Gasteiger partial charge in [0.25, 0.3) is 0 Å².